The summed E-state index contributed by atoms with van der Waals surface area (Å²) in [5, 5.41) is 8.80. The average Bonchev–Trinajstić information content (AvgIpc) is 2.99. The Labute approximate surface area is 124 Å². The maximum atomic E-state index is 13.3. The number of aliphatic hydroxyl groups excluding tert-OH is 1. The minimum absolute atomic E-state index is 0.236. The predicted molar refractivity (Wildman–Crippen MR) is 78.9 cm³/mol. The van der Waals surface area contributed by atoms with Gasteiger partial charge in [-0.1, -0.05) is 24.8 Å². The Balaban J connectivity index is 2.16. The molecule has 3 nitrogen and oxygen atoms in total. The molecule has 2 aromatic rings. The van der Waals surface area contributed by atoms with E-state index in [1.165, 1.54) is 12.1 Å². The number of halogens is 1. The Hall–Kier alpha value is -2.09. The fraction of sp³-hybridized carbons (Fsp3) is 0.294. The summed E-state index contributed by atoms with van der Waals surface area (Å²) < 4.78 is 18.7. The summed E-state index contributed by atoms with van der Waals surface area (Å²) >= 11 is 0. The van der Waals surface area contributed by atoms with E-state index >= 15 is 0 Å². The molecule has 21 heavy (non-hydrogen) atoms. The van der Waals surface area contributed by atoms with E-state index in [2.05, 4.69) is 23.7 Å². The summed E-state index contributed by atoms with van der Waals surface area (Å²) in [6, 6.07) is 8.36. The van der Waals surface area contributed by atoms with Crippen LogP contribution < -0.4 is 0 Å². The number of nitrogens with zero attached hydrogens (tertiary/aromatic N) is 1. The van der Waals surface area contributed by atoms with Crippen LogP contribution in [0.5, 0.6) is 0 Å². The van der Waals surface area contributed by atoms with Crippen molar-refractivity contribution in [2.75, 3.05) is 13.2 Å². The van der Waals surface area contributed by atoms with E-state index in [0.29, 0.717) is 18.7 Å². The molecule has 0 aliphatic rings. The molecular formula is C17H18FNO2. The molecule has 0 fully saturated rings. The number of aliphatic hydroxyl groups is 1. The first-order chi connectivity index (χ1) is 10.2. The molecule has 110 valence electrons. The minimum Gasteiger partial charge on any atom is -0.468 e. The summed E-state index contributed by atoms with van der Waals surface area (Å²) in [6.45, 7) is 4.00. The summed E-state index contributed by atoms with van der Waals surface area (Å²) in [6.07, 6.45) is 1.65. The van der Waals surface area contributed by atoms with Crippen molar-refractivity contribution in [1.29, 1.82) is 0 Å². The van der Waals surface area contributed by atoms with Gasteiger partial charge in [-0.2, -0.15) is 0 Å². The zero-order chi connectivity index (χ0) is 15.1. The highest BCUT2D eigenvalue weighted by molar-refractivity contribution is 5.41. The van der Waals surface area contributed by atoms with Crippen LogP contribution in [0.25, 0.3) is 0 Å². The van der Waals surface area contributed by atoms with Gasteiger partial charge < -0.3 is 9.52 Å². The summed E-state index contributed by atoms with van der Waals surface area (Å²) in [5.41, 5.74) is 1.55. The van der Waals surface area contributed by atoms with E-state index < -0.39 is 0 Å². The third-order valence-corrected chi connectivity index (χ3v) is 3.17. The van der Waals surface area contributed by atoms with Crippen LogP contribution >= 0.6 is 0 Å². The van der Waals surface area contributed by atoms with Gasteiger partial charge in [-0.15, -0.1) is 0 Å². The Morgan fingerprint density at radius 1 is 1.29 bits per heavy atom. The molecule has 1 N–H and O–H groups in total. The molecule has 0 amide bonds. The lowest BCUT2D eigenvalue weighted by atomic mass is 10.1. The van der Waals surface area contributed by atoms with Crippen molar-refractivity contribution in [3.63, 3.8) is 0 Å². The van der Waals surface area contributed by atoms with Crippen molar-refractivity contribution >= 4 is 0 Å². The second-order valence-electron chi connectivity index (χ2n) is 4.64. The second kappa shape index (κ2) is 7.63. The fourth-order valence-corrected chi connectivity index (χ4v) is 2.08. The Kier molecular flexibility index (Phi) is 5.56. The molecule has 1 heterocycles. The van der Waals surface area contributed by atoms with E-state index in [0.717, 1.165) is 17.9 Å². The lowest BCUT2D eigenvalue weighted by molar-refractivity contribution is 0.247. The van der Waals surface area contributed by atoms with Gasteiger partial charge in [-0.3, -0.25) is 4.90 Å². The Morgan fingerprint density at radius 2 is 2.14 bits per heavy atom. The molecule has 4 heteroatoms. The maximum absolute atomic E-state index is 13.3. The number of rotatable bonds is 5. The Bertz CT molecular complexity index is 626. The lowest BCUT2D eigenvalue weighted by Gasteiger charge is -2.20. The highest BCUT2D eigenvalue weighted by Gasteiger charge is 2.10. The molecule has 0 unspecified atom stereocenters. The smallest absolute Gasteiger partial charge is 0.124 e. The van der Waals surface area contributed by atoms with Crippen molar-refractivity contribution in [2.24, 2.45) is 0 Å². The van der Waals surface area contributed by atoms with Crippen LogP contribution in [0.4, 0.5) is 4.39 Å². The van der Waals surface area contributed by atoms with Crippen molar-refractivity contribution < 1.29 is 13.9 Å². The predicted octanol–water partition coefficient (Wildman–Crippen LogP) is 2.78. The number of hydrogen-bond donors (Lipinski definition) is 1. The molecule has 1 aromatic heterocycles. The first-order valence-electron chi connectivity index (χ1n) is 6.85. The monoisotopic (exact) mass is 287 g/mol. The van der Waals surface area contributed by atoms with E-state index in [1.807, 2.05) is 12.1 Å². The van der Waals surface area contributed by atoms with Crippen LogP contribution in [0.2, 0.25) is 0 Å². The molecule has 0 radical (unpaired) electrons. The minimum atomic E-state index is -0.324. The standard InChI is InChI=1S/C17H18FNO2/c1-2-19(13-17-6-4-10-21-17)12-15-7-8-16(18)11-14(15)5-3-9-20/h4,6-8,10-11,20H,2,9,12-13H2,1H3. The van der Waals surface area contributed by atoms with Crippen molar-refractivity contribution in [3.8, 4) is 11.8 Å². The largest absolute Gasteiger partial charge is 0.468 e. The average molecular weight is 287 g/mol. The van der Waals surface area contributed by atoms with Crippen LogP contribution in [0.15, 0.2) is 41.0 Å². The second-order valence-corrected chi connectivity index (χ2v) is 4.64. The molecule has 0 atom stereocenters. The third kappa shape index (κ3) is 4.45. The van der Waals surface area contributed by atoms with Crippen LogP contribution in [-0.4, -0.2) is 23.2 Å². The summed E-state index contributed by atoms with van der Waals surface area (Å²) in [5.74, 6) is 5.94. The molecule has 1 aromatic carbocycles. The van der Waals surface area contributed by atoms with Gasteiger partial charge in [0.2, 0.25) is 0 Å². The van der Waals surface area contributed by atoms with Gasteiger partial charge >= 0.3 is 0 Å². The number of hydrogen-bond acceptors (Lipinski definition) is 3. The molecule has 0 aliphatic carbocycles. The third-order valence-electron chi connectivity index (χ3n) is 3.17. The van der Waals surface area contributed by atoms with E-state index in [9.17, 15) is 4.39 Å². The molecule has 0 saturated carbocycles. The SMILES string of the molecule is CCN(Cc1ccco1)Cc1ccc(F)cc1C#CCO. The van der Waals surface area contributed by atoms with Crippen LogP contribution in [0, 0.1) is 17.7 Å². The van der Waals surface area contributed by atoms with Crippen molar-refractivity contribution in [3.05, 3.63) is 59.3 Å². The van der Waals surface area contributed by atoms with Gasteiger partial charge in [0.1, 0.15) is 18.2 Å². The maximum Gasteiger partial charge on any atom is 0.124 e. The van der Waals surface area contributed by atoms with Gasteiger partial charge in [0.25, 0.3) is 0 Å². The quantitative estimate of drug-likeness (QED) is 0.859. The zero-order valence-electron chi connectivity index (χ0n) is 12.0. The van der Waals surface area contributed by atoms with Gasteiger partial charge in [0, 0.05) is 12.1 Å². The number of furan rings is 1. The first-order valence-corrected chi connectivity index (χ1v) is 6.85. The van der Waals surface area contributed by atoms with E-state index in [-0.39, 0.29) is 12.4 Å². The zero-order valence-corrected chi connectivity index (χ0v) is 12.0. The van der Waals surface area contributed by atoms with Crippen LogP contribution in [-0.2, 0) is 13.1 Å². The van der Waals surface area contributed by atoms with Gasteiger partial charge in [0.05, 0.1) is 12.8 Å². The van der Waals surface area contributed by atoms with Crippen LogP contribution in [0.1, 0.15) is 23.8 Å². The van der Waals surface area contributed by atoms with Crippen molar-refractivity contribution in [1.82, 2.24) is 4.90 Å². The normalized spacial score (nSPS) is 10.5. The number of benzene rings is 1. The lowest BCUT2D eigenvalue weighted by Crippen LogP contribution is -2.22. The first kappa shape index (κ1) is 15.3. The summed E-state index contributed by atoms with van der Waals surface area (Å²) in [4.78, 5) is 2.18. The summed E-state index contributed by atoms with van der Waals surface area (Å²) in [7, 11) is 0. The topological polar surface area (TPSA) is 36.6 Å². The van der Waals surface area contributed by atoms with Gasteiger partial charge in [-0.25, -0.2) is 4.39 Å². The molecular weight excluding hydrogens is 269 g/mol. The van der Waals surface area contributed by atoms with E-state index in [1.54, 1.807) is 12.3 Å². The molecule has 0 saturated heterocycles. The molecule has 2 rings (SSSR count). The van der Waals surface area contributed by atoms with Crippen LogP contribution in [0.3, 0.4) is 0 Å². The molecule has 0 aliphatic heterocycles. The van der Waals surface area contributed by atoms with Gasteiger partial charge in [0.15, 0.2) is 0 Å². The fourth-order valence-electron chi connectivity index (χ4n) is 2.08. The van der Waals surface area contributed by atoms with Gasteiger partial charge in [-0.05, 0) is 36.4 Å². The van der Waals surface area contributed by atoms with Crippen molar-refractivity contribution in [2.45, 2.75) is 20.0 Å². The van der Waals surface area contributed by atoms with E-state index in [4.69, 9.17) is 9.52 Å². The Morgan fingerprint density at radius 3 is 2.81 bits per heavy atom. The highest BCUT2D eigenvalue weighted by Crippen LogP contribution is 2.15. The molecule has 0 bridgehead atoms. The molecule has 0 spiro atoms. The highest BCUT2D eigenvalue weighted by atomic mass is 19.1.